The first-order valence-electron chi connectivity index (χ1n) is 17.4. The Labute approximate surface area is 332 Å². The van der Waals surface area contributed by atoms with Crippen LogP contribution in [0.1, 0.15) is 68.5 Å². The highest BCUT2D eigenvalue weighted by Crippen LogP contribution is 2.43. The third-order valence-corrected chi connectivity index (χ3v) is 11.8. The molecular formula is C42H37Cl2N3O5S2. The quantitative estimate of drug-likeness (QED) is 0.0658. The van der Waals surface area contributed by atoms with Crippen molar-refractivity contribution in [2.45, 2.75) is 49.2 Å². The summed E-state index contributed by atoms with van der Waals surface area (Å²) in [6.45, 7) is 3.77. The zero-order valence-electron chi connectivity index (χ0n) is 29.5. The molecule has 1 heterocycles. The van der Waals surface area contributed by atoms with E-state index < -0.39 is 23.0 Å². The molecule has 1 aliphatic carbocycles. The maximum atomic E-state index is 13.7. The standard InChI is InChI=1S/C42H37Cl2N3O5S2/c1-3-52-42(51)37-31-21-20-28(26-12-6-4-7-13-26)22-36(31)54-41(37)47-38(48)25(2)53-30-17-10-16-29(23-30)45-40(50)35(24-32-33(43)18-11-19-34(32)44)46-39(49)27-14-8-5-9-15-27/h4-19,23-25,28H,3,20-22H2,1-2H3,(H,45,50)(H,46,49)(H,47,48)/b35-24+. The van der Waals surface area contributed by atoms with Crippen LogP contribution in [-0.4, -0.2) is 35.5 Å². The summed E-state index contributed by atoms with van der Waals surface area (Å²) >= 11 is 15.5. The van der Waals surface area contributed by atoms with Crippen LogP contribution < -0.4 is 16.0 Å². The van der Waals surface area contributed by atoms with Crippen LogP contribution in [0.2, 0.25) is 10.0 Å². The summed E-state index contributed by atoms with van der Waals surface area (Å²) in [6, 6.07) is 30.8. The van der Waals surface area contributed by atoms with Crippen molar-refractivity contribution in [1.29, 1.82) is 0 Å². The van der Waals surface area contributed by atoms with E-state index >= 15 is 0 Å². The van der Waals surface area contributed by atoms with Gasteiger partial charge in [0.25, 0.3) is 11.8 Å². The van der Waals surface area contributed by atoms with E-state index in [0.717, 1.165) is 29.7 Å². The van der Waals surface area contributed by atoms with Gasteiger partial charge in [0.05, 0.1) is 17.4 Å². The van der Waals surface area contributed by atoms with Gasteiger partial charge in [0.1, 0.15) is 10.7 Å². The van der Waals surface area contributed by atoms with Crippen molar-refractivity contribution in [2.75, 3.05) is 17.2 Å². The van der Waals surface area contributed by atoms with E-state index in [4.69, 9.17) is 27.9 Å². The molecule has 0 radical (unpaired) electrons. The molecule has 4 aromatic carbocycles. The maximum absolute atomic E-state index is 13.7. The van der Waals surface area contributed by atoms with E-state index in [9.17, 15) is 19.2 Å². The van der Waals surface area contributed by atoms with Gasteiger partial charge in [-0.25, -0.2) is 4.79 Å². The van der Waals surface area contributed by atoms with Crippen LogP contribution in [0.25, 0.3) is 6.08 Å². The molecule has 12 heteroatoms. The molecule has 1 aliphatic rings. The Morgan fingerprint density at radius 2 is 1.59 bits per heavy atom. The van der Waals surface area contributed by atoms with Gasteiger partial charge in [-0.15, -0.1) is 23.1 Å². The summed E-state index contributed by atoms with van der Waals surface area (Å²) in [4.78, 5) is 55.4. The molecule has 0 bridgehead atoms. The summed E-state index contributed by atoms with van der Waals surface area (Å²) in [5, 5.41) is 9.11. The first kappa shape index (κ1) is 38.8. The predicted octanol–water partition coefficient (Wildman–Crippen LogP) is 10.0. The highest BCUT2D eigenvalue weighted by Gasteiger charge is 2.31. The number of amides is 3. The van der Waals surface area contributed by atoms with E-state index in [1.165, 1.54) is 34.7 Å². The molecular weight excluding hydrogens is 762 g/mol. The monoisotopic (exact) mass is 797 g/mol. The number of carbonyl (C=O) groups excluding carboxylic acids is 4. The third kappa shape index (κ3) is 9.43. The van der Waals surface area contributed by atoms with Crippen molar-refractivity contribution in [1.82, 2.24) is 5.32 Å². The lowest BCUT2D eigenvalue weighted by atomic mass is 9.83. The number of thioether (sulfide) groups is 1. The fourth-order valence-electron chi connectivity index (χ4n) is 6.16. The molecule has 0 fully saturated rings. The molecule has 6 rings (SSSR count). The SMILES string of the molecule is CCOC(=O)c1c(NC(=O)C(C)Sc2cccc(NC(=O)/C(=C\c3c(Cl)cccc3Cl)NC(=O)c3ccccc3)c2)sc2c1CCC(c1ccccc1)C2. The van der Waals surface area contributed by atoms with Gasteiger partial charge in [-0.2, -0.15) is 0 Å². The van der Waals surface area contributed by atoms with Crippen molar-refractivity contribution in [3.63, 3.8) is 0 Å². The van der Waals surface area contributed by atoms with Crippen LogP contribution >= 0.6 is 46.3 Å². The Morgan fingerprint density at radius 1 is 0.907 bits per heavy atom. The second-order valence-corrected chi connectivity index (χ2v) is 15.9. The van der Waals surface area contributed by atoms with E-state index in [2.05, 4.69) is 28.1 Å². The number of halogens is 2. The summed E-state index contributed by atoms with van der Waals surface area (Å²) in [5.41, 5.74) is 3.76. The second kappa shape index (κ2) is 18.0. The minimum atomic E-state index is -0.606. The molecule has 5 aromatic rings. The Bertz CT molecular complexity index is 2190. The largest absolute Gasteiger partial charge is 0.462 e. The van der Waals surface area contributed by atoms with E-state index in [1.54, 1.807) is 80.6 Å². The number of nitrogens with one attached hydrogen (secondary N) is 3. The van der Waals surface area contributed by atoms with Crippen LogP contribution in [0.5, 0.6) is 0 Å². The molecule has 3 N–H and O–H groups in total. The lowest BCUT2D eigenvalue weighted by molar-refractivity contribution is -0.115. The smallest absolute Gasteiger partial charge is 0.341 e. The normalized spacial score (nSPS) is 14.4. The zero-order chi connectivity index (χ0) is 38.2. The highest BCUT2D eigenvalue weighted by molar-refractivity contribution is 8.00. The highest BCUT2D eigenvalue weighted by atomic mass is 35.5. The molecule has 3 amide bonds. The lowest BCUT2D eigenvalue weighted by Gasteiger charge is -2.23. The Balaban J connectivity index is 1.17. The number of thiophene rings is 1. The van der Waals surface area contributed by atoms with Crippen LogP contribution in [-0.2, 0) is 27.2 Å². The number of ether oxygens (including phenoxy) is 1. The van der Waals surface area contributed by atoms with Gasteiger partial charge >= 0.3 is 5.97 Å². The lowest BCUT2D eigenvalue weighted by Crippen LogP contribution is -2.30. The van der Waals surface area contributed by atoms with Gasteiger partial charge in [-0.05, 0) is 98.7 Å². The van der Waals surface area contributed by atoms with Gasteiger partial charge in [0.15, 0.2) is 0 Å². The molecule has 54 heavy (non-hydrogen) atoms. The van der Waals surface area contributed by atoms with Gasteiger partial charge in [-0.1, -0.05) is 83.9 Å². The first-order valence-corrected chi connectivity index (χ1v) is 19.8. The summed E-state index contributed by atoms with van der Waals surface area (Å²) in [6.07, 6.45) is 3.83. The molecule has 276 valence electrons. The zero-order valence-corrected chi connectivity index (χ0v) is 32.6. The van der Waals surface area contributed by atoms with Crippen molar-refractivity contribution in [3.05, 3.63) is 152 Å². The predicted molar refractivity (Wildman–Crippen MR) is 219 cm³/mol. The number of carbonyl (C=O) groups is 4. The molecule has 0 saturated carbocycles. The molecule has 8 nitrogen and oxygen atoms in total. The molecule has 0 saturated heterocycles. The van der Waals surface area contributed by atoms with Crippen molar-refractivity contribution < 1.29 is 23.9 Å². The fraction of sp³-hybridized carbons (Fsp3) is 0.190. The molecule has 2 atom stereocenters. The average molecular weight is 799 g/mol. The molecule has 0 spiro atoms. The van der Waals surface area contributed by atoms with Gasteiger partial charge in [0.2, 0.25) is 5.91 Å². The number of anilines is 2. The van der Waals surface area contributed by atoms with Crippen molar-refractivity contribution >= 4 is 86.8 Å². The molecule has 0 aliphatic heterocycles. The average Bonchev–Trinajstić information content (AvgIpc) is 3.53. The van der Waals surface area contributed by atoms with Crippen molar-refractivity contribution in [3.8, 4) is 0 Å². The van der Waals surface area contributed by atoms with Gasteiger partial charge in [0, 0.05) is 36.6 Å². The molecule has 2 unspecified atom stereocenters. The van der Waals surface area contributed by atoms with Gasteiger partial charge in [-0.3, -0.25) is 14.4 Å². The Morgan fingerprint density at radius 3 is 2.30 bits per heavy atom. The second-order valence-electron chi connectivity index (χ2n) is 12.5. The molecule has 1 aromatic heterocycles. The van der Waals surface area contributed by atoms with Crippen LogP contribution in [0, 0.1) is 0 Å². The topological polar surface area (TPSA) is 114 Å². The van der Waals surface area contributed by atoms with Crippen molar-refractivity contribution in [2.24, 2.45) is 0 Å². The number of hydrogen-bond donors (Lipinski definition) is 3. The number of benzene rings is 4. The number of hydrogen-bond acceptors (Lipinski definition) is 7. The number of fused-ring (bicyclic) bond motifs is 1. The summed E-state index contributed by atoms with van der Waals surface area (Å²) in [5.74, 6) is -1.47. The van der Waals surface area contributed by atoms with E-state index in [1.807, 2.05) is 24.3 Å². The van der Waals surface area contributed by atoms with Crippen LogP contribution in [0.4, 0.5) is 10.7 Å². The minimum Gasteiger partial charge on any atom is -0.462 e. The van der Waals surface area contributed by atoms with E-state index in [0.29, 0.717) is 48.2 Å². The number of esters is 1. The maximum Gasteiger partial charge on any atom is 0.341 e. The Hall–Kier alpha value is -4.87. The first-order chi connectivity index (χ1) is 26.1. The van der Waals surface area contributed by atoms with E-state index in [-0.39, 0.29) is 18.2 Å². The minimum absolute atomic E-state index is 0.0733. The van der Waals surface area contributed by atoms with Crippen LogP contribution in [0.15, 0.2) is 114 Å². The fourth-order valence-corrected chi connectivity index (χ4v) is 8.91. The third-order valence-electron chi connectivity index (χ3n) is 8.84. The summed E-state index contributed by atoms with van der Waals surface area (Å²) < 4.78 is 5.43. The van der Waals surface area contributed by atoms with Crippen LogP contribution in [0.3, 0.4) is 0 Å². The summed E-state index contributed by atoms with van der Waals surface area (Å²) in [7, 11) is 0. The Kier molecular flexibility index (Phi) is 12.9. The number of rotatable bonds is 12. The van der Waals surface area contributed by atoms with Gasteiger partial charge < -0.3 is 20.7 Å².